The topological polar surface area (TPSA) is 101 Å². The van der Waals surface area contributed by atoms with Crippen LogP contribution in [0.3, 0.4) is 0 Å². The first kappa shape index (κ1) is 26.3. The molecule has 6 rings (SSSR count). The molecule has 202 valence electrons. The number of aromatic amines is 1. The van der Waals surface area contributed by atoms with Crippen molar-refractivity contribution in [2.24, 2.45) is 0 Å². The first-order valence-corrected chi connectivity index (χ1v) is 14.0. The van der Waals surface area contributed by atoms with Gasteiger partial charge in [-0.25, -0.2) is 13.8 Å². The van der Waals surface area contributed by atoms with E-state index in [2.05, 4.69) is 48.6 Å². The number of pyridine rings is 3. The maximum atomic E-state index is 14.4. The zero-order valence-electron chi connectivity index (χ0n) is 21.6. The third-order valence-corrected chi connectivity index (χ3v) is 8.41. The Labute approximate surface area is 243 Å². The van der Waals surface area contributed by atoms with Crippen LogP contribution in [0.25, 0.3) is 22.2 Å². The summed E-state index contributed by atoms with van der Waals surface area (Å²) >= 11 is 2.13. The van der Waals surface area contributed by atoms with Crippen molar-refractivity contribution in [3.05, 3.63) is 104 Å². The Morgan fingerprint density at radius 3 is 2.70 bits per heavy atom. The molecule has 0 fully saturated rings. The molecule has 7 nitrogen and oxygen atoms in total. The number of aryl methyl sites for hydroxylation is 2. The highest BCUT2D eigenvalue weighted by molar-refractivity contribution is 14.1. The van der Waals surface area contributed by atoms with Crippen molar-refractivity contribution in [2.75, 3.05) is 5.73 Å². The summed E-state index contributed by atoms with van der Waals surface area (Å²) in [6.45, 7) is 2.05. The summed E-state index contributed by atoms with van der Waals surface area (Å²) in [6.07, 6.45) is 5.74. The largest absolute Gasteiger partial charge is 0.383 e. The lowest BCUT2D eigenvalue weighted by molar-refractivity contribution is 0.0623. The van der Waals surface area contributed by atoms with Gasteiger partial charge in [0.15, 0.2) is 0 Å². The second-order valence-corrected chi connectivity index (χ2v) is 11.0. The molecule has 1 aromatic carbocycles. The first-order chi connectivity index (χ1) is 19.3. The lowest BCUT2D eigenvalue weighted by atomic mass is 9.90. The van der Waals surface area contributed by atoms with Gasteiger partial charge >= 0.3 is 0 Å². The Morgan fingerprint density at radius 1 is 1.15 bits per heavy atom. The maximum Gasteiger partial charge on any atom is 0.272 e. The molecule has 0 saturated carbocycles. The van der Waals surface area contributed by atoms with Crippen LogP contribution in [0.4, 0.5) is 14.6 Å². The number of aromatic nitrogens is 4. The normalized spacial score (nSPS) is 14.8. The Hall–Kier alpha value is -3.93. The number of hydrogen-bond acceptors (Lipinski definition) is 5. The standard InChI is InChI=1S/C30H25F2IN6O/c1-16-13-22-27(38-29(16)34)25(33)28(37-22)30(40)39(23-9-2-5-17-6-4-12-35-26(17)23)15-19-11-10-18(14-36-19)24-20(31)7-3-8-21(24)32/h3-4,6-8,10-14,23,37H,2,5,9,15H2,1H3,(H2,34,38)/t23-/m1/s1. The molecule has 0 spiro atoms. The molecule has 0 saturated heterocycles. The molecule has 40 heavy (non-hydrogen) atoms. The molecule has 0 radical (unpaired) electrons. The van der Waals surface area contributed by atoms with Crippen molar-refractivity contribution in [2.45, 2.75) is 38.8 Å². The highest BCUT2D eigenvalue weighted by Crippen LogP contribution is 2.36. The van der Waals surface area contributed by atoms with Crippen molar-refractivity contribution >= 4 is 45.3 Å². The zero-order chi connectivity index (χ0) is 28.0. The third kappa shape index (κ3) is 4.70. The lowest BCUT2D eigenvalue weighted by Gasteiger charge is -2.34. The number of anilines is 1. The van der Waals surface area contributed by atoms with E-state index >= 15 is 0 Å². The van der Waals surface area contributed by atoms with E-state index in [4.69, 9.17) is 5.73 Å². The molecule has 1 aliphatic rings. The van der Waals surface area contributed by atoms with E-state index in [-0.39, 0.29) is 24.1 Å². The summed E-state index contributed by atoms with van der Waals surface area (Å²) in [4.78, 5) is 33.0. The Bertz CT molecular complexity index is 1730. The molecule has 4 aromatic heterocycles. The van der Waals surface area contributed by atoms with E-state index in [1.54, 1.807) is 23.2 Å². The van der Waals surface area contributed by atoms with Gasteiger partial charge in [0.1, 0.15) is 28.7 Å². The number of rotatable bonds is 5. The molecule has 1 aliphatic carbocycles. The molecule has 0 aliphatic heterocycles. The fourth-order valence-electron chi connectivity index (χ4n) is 5.32. The number of H-pyrrole nitrogens is 1. The van der Waals surface area contributed by atoms with Crippen LogP contribution in [-0.4, -0.2) is 30.7 Å². The highest BCUT2D eigenvalue weighted by Gasteiger charge is 2.33. The third-order valence-electron chi connectivity index (χ3n) is 7.36. The fraction of sp³-hybridized carbons (Fsp3) is 0.200. The number of benzene rings is 1. The number of carbonyl (C=O) groups excluding carboxylic acids is 1. The van der Waals surface area contributed by atoms with Crippen molar-refractivity contribution in [3.63, 3.8) is 0 Å². The second-order valence-electron chi connectivity index (χ2n) is 9.92. The highest BCUT2D eigenvalue weighted by atomic mass is 127. The van der Waals surface area contributed by atoms with E-state index < -0.39 is 11.6 Å². The van der Waals surface area contributed by atoms with E-state index in [1.807, 2.05) is 19.1 Å². The molecular weight excluding hydrogens is 625 g/mol. The van der Waals surface area contributed by atoms with Gasteiger partial charge in [0.05, 0.1) is 38.6 Å². The van der Waals surface area contributed by atoms with Crippen LogP contribution in [0.5, 0.6) is 0 Å². The fourth-order valence-corrected chi connectivity index (χ4v) is 6.09. The van der Waals surface area contributed by atoms with Gasteiger partial charge in [-0.05, 0) is 90.2 Å². The van der Waals surface area contributed by atoms with Gasteiger partial charge in [0.25, 0.3) is 5.91 Å². The summed E-state index contributed by atoms with van der Waals surface area (Å²) < 4.78 is 29.4. The van der Waals surface area contributed by atoms with Gasteiger partial charge in [-0.2, -0.15) is 0 Å². The van der Waals surface area contributed by atoms with E-state index in [9.17, 15) is 13.6 Å². The number of nitrogens with one attached hydrogen (secondary N) is 1. The summed E-state index contributed by atoms with van der Waals surface area (Å²) in [6, 6.07) is 12.7. The number of halogens is 3. The van der Waals surface area contributed by atoms with Crippen LogP contribution in [0, 0.1) is 22.1 Å². The number of hydrogen-bond donors (Lipinski definition) is 2. The minimum absolute atomic E-state index is 0.130. The number of nitrogen functional groups attached to an aromatic ring is 1. The molecular formula is C30H25F2IN6O. The van der Waals surface area contributed by atoms with Crippen LogP contribution >= 0.6 is 22.6 Å². The summed E-state index contributed by atoms with van der Waals surface area (Å²) in [5.41, 5.74) is 11.4. The predicted molar refractivity (Wildman–Crippen MR) is 157 cm³/mol. The molecule has 0 unspecified atom stereocenters. The van der Waals surface area contributed by atoms with Crippen molar-refractivity contribution in [1.29, 1.82) is 0 Å². The lowest BCUT2D eigenvalue weighted by Crippen LogP contribution is -2.37. The van der Waals surface area contributed by atoms with Gasteiger partial charge in [0, 0.05) is 18.0 Å². The summed E-state index contributed by atoms with van der Waals surface area (Å²) in [7, 11) is 0. The SMILES string of the molecule is Cc1cc2[nH]c(C(=O)N(Cc3ccc(-c4c(F)cccc4F)cn3)[C@@H]3CCCc4cccnc43)c(I)c2nc1N. The van der Waals surface area contributed by atoms with Crippen LogP contribution in [0.2, 0.25) is 0 Å². The maximum absolute atomic E-state index is 14.4. The monoisotopic (exact) mass is 650 g/mol. The smallest absolute Gasteiger partial charge is 0.272 e. The average Bonchev–Trinajstić information content (AvgIpc) is 3.27. The average molecular weight is 650 g/mol. The minimum atomic E-state index is -0.658. The number of nitrogens with two attached hydrogens (primary N) is 1. The van der Waals surface area contributed by atoms with Gasteiger partial charge in [-0.3, -0.25) is 14.8 Å². The second kappa shape index (κ2) is 10.6. The molecule has 5 aromatic rings. The van der Waals surface area contributed by atoms with E-state index in [0.29, 0.717) is 31.9 Å². The van der Waals surface area contributed by atoms with Gasteiger partial charge in [-0.1, -0.05) is 18.2 Å². The Balaban J connectivity index is 1.40. The Kier molecular flexibility index (Phi) is 6.95. The summed E-state index contributed by atoms with van der Waals surface area (Å²) in [5, 5.41) is 0. The zero-order valence-corrected chi connectivity index (χ0v) is 23.7. The van der Waals surface area contributed by atoms with Gasteiger partial charge in [-0.15, -0.1) is 0 Å². The number of carbonyl (C=O) groups is 1. The van der Waals surface area contributed by atoms with Crippen molar-refractivity contribution in [1.82, 2.24) is 24.8 Å². The number of amides is 1. The van der Waals surface area contributed by atoms with Crippen LogP contribution in [0.15, 0.2) is 60.9 Å². The van der Waals surface area contributed by atoms with E-state index in [0.717, 1.165) is 41.6 Å². The number of nitrogens with zero attached hydrogens (tertiary/aromatic N) is 4. The minimum Gasteiger partial charge on any atom is -0.383 e. The van der Waals surface area contributed by atoms with E-state index in [1.165, 1.54) is 24.4 Å². The molecule has 4 heterocycles. The van der Waals surface area contributed by atoms with Crippen LogP contribution in [-0.2, 0) is 13.0 Å². The predicted octanol–water partition coefficient (Wildman–Crippen LogP) is 6.51. The molecule has 3 N–H and O–H groups in total. The molecule has 1 atom stereocenters. The molecule has 0 bridgehead atoms. The molecule has 1 amide bonds. The molecule has 10 heteroatoms. The summed E-state index contributed by atoms with van der Waals surface area (Å²) in [5.74, 6) is -1.11. The Morgan fingerprint density at radius 2 is 1.95 bits per heavy atom. The van der Waals surface area contributed by atoms with Gasteiger partial charge in [0.2, 0.25) is 0 Å². The quantitative estimate of drug-likeness (QED) is 0.211. The van der Waals surface area contributed by atoms with Gasteiger partial charge < -0.3 is 15.6 Å². The first-order valence-electron chi connectivity index (χ1n) is 12.9. The van der Waals surface area contributed by atoms with Crippen LogP contribution in [0.1, 0.15) is 51.9 Å². The van der Waals surface area contributed by atoms with Crippen molar-refractivity contribution < 1.29 is 13.6 Å². The van der Waals surface area contributed by atoms with Crippen LogP contribution < -0.4 is 5.73 Å². The van der Waals surface area contributed by atoms with Crippen molar-refractivity contribution in [3.8, 4) is 11.1 Å². The number of fused-ring (bicyclic) bond motifs is 2.